The van der Waals surface area contributed by atoms with Crippen molar-refractivity contribution in [1.29, 1.82) is 0 Å². The SMILES string of the molecule is CCCCCCCCCOC(=O)CCCCCCCN(CCO)CCCCCCCCCC(O)OC(CCCCCCCC)CCCCCCCC. The average Bonchev–Trinajstić information content (AvgIpc) is 3.14. The van der Waals surface area contributed by atoms with Gasteiger partial charge in [0, 0.05) is 13.0 Å². The van der Waals surface area contributed by atoms with Crippen molar-refractivity contribution in [3.8, 4) is 0 Å². The zero-order chi connectivity index (χ0) is 38.0. The first-order valence-corrected chi connectivity index (χ1v) is 23.4. The maximum absolute atomic E-state index is 12.0. The lowest BCUT2D eigenvalue weighted by Crippen LogP contribution is -2.29. The van der Waals surface area contributed by atoms with E-state index in [9.17, 15) is 15.0 Å². The second-order valence-corrected chi connectivity index (χ2v) is 16.0. The molecule has 0 aromatic heterocycles. The molecule has 312 valence electrons. The highest BCUT2D eigenvalue weighted by Crippen LogP contribution is 2.20. The Morgan fingerprint density at radius 1 is 0.481 bits per heavy atom. The molecule has 6 nitrogen and oxygen atoms in total. The van der Waals surface area contributed by atoms with E-state index in [1.807, 2.05) is 0 Å². The first-order valence-electron chi connectivity index (χ1n) is 23.4. The highest BCUT2D eigenvalue weighted by atomic mass is 16.6. The minimum atomic E-state index is -0.601. The van der Waals surface area contributed by atoms with Crippen LogP contribution in [-0.4, -0.2) is 66.3 Å². The molecule has 0 rings (SSSR count). The van der Waals surface area contributed by atoms with Gasteiger partial charge in [0.15, 0.2) is 6.29 Å². The van der Waals surface area contributed by atoms with Gasteiger partial charge in [-0.05, 0) is 64.5 Å². The Kier molecular flexibility index (Phi) is 42.5. The molecule has 0 fully saturated rings. The summed E-state index contributed by atoms with van der Waals surface area (Å²) in [4.78, 5) is 14.4. The number of rotatable bonds is 44. The predicted octanol–water partition coefficient (Wildman–Crippen LogP) is 13.2. The summed E-state index contributed by atoms with van der Waals surface area (Å²) >= 11 is 0. The first-order chi connectivity index (χ1) is 25.6. The van der Waals surface area contributed by atoms with E-state index in [1.165, 1.54) is 167 Å². The van der Waals surface area contributed by atoms with Crippen LogP contribution in [0.1, 0.15) is 245 Å². The van der Waals surface area contributed by atoms with E-state index in [4.69, 9.17) is 9.47 Å². The Bertz CT molecular complexity index is 676. The van der Waals surface area contributed by atoms with Crippen LogP contribution >= 0.6 is 0 Å². The molecule has 6 heteroatoms. The summed E-state index contributed by atoms with van der Waals surface area (Å²) in [5, 5.41) is 20.2. The van der Waals surface area contributed by atoms with E-state index in [1.54, 1.807) is 0 Å². The number of aliphatic hydroxyl groups excluding tert-OH is 2. The molecule has 0 aliphatic rings. The molecule has 1 atom stereocenters. The van der Waals surface area contributed by atoms with Gasteiger partial charge in [-0.15, -0.1) is 0 Å². The lowest BCUT2D eigenvalue weighted by atomic mass is 10.0. The summed E-state index contributed by atoms with van der Waals surface area (Å²) in [6.45, 7) is 10.5. The molecule has 0 saturated carbocycles. The number of hydrogen-bond donors (Lipinski definition) is 2. The number of carbonyl (C=O) groups is 1. The number of unbranched alkanes of at least 4 members (excludes halogenated alkanes) is 26. The molecule has 0 aromatic carbocycles. The second kappa shape index (κ2) is 43.0. The summed E-state index contributed by atoms with van der Waals surface area (Å²) in [6.07, 6.45) is 41.6. The highest BCUT2D eigenvalue weighted by Gasteiger charge is 2.15. The Balaban J connectivity index is 3.87. The molecular weight excluding hydrogens is 647 g/mol. The van der Waals surface area contributed by atoms with Crippen LogP contribution in [0, 0.1) is 0 Å². The van der Waals surface area contributed by atoms with Crippen LogP contribution < -0.4 is 0 Å². The van der Waals surface area contributed by atoms with Gasteiger partial charge in [0.2, 0.25) is 0 Å². The number of esters is 1. The van der Waals surface area contributed by atoms with Crippen molar-refractivity contribution in [2.45, 2.75) is 258 Å². The molecule has 1 unspecified atom stereocenters. The molecule has 0 radical (unpaired) electrons. The predicted molar refractivity (Wildman–Crippen MR) is 224 cm³/mol. The van der Waals surface area contributed by atoms with Gasteiger partial charge < -0.3 is 24.6 Å². The normalized spacial score (nSPS) is 12.4. The number of carbonyl (C=O) groups excluding carboxylic acids is 1. The third-order valence-corrected chi connectivity index (χ3v) is 10.8. The van der Waals surface area contributed by atoms with Crippen LogP contribution in [0.25, 0.3) is 0 Å². The topological polar surface area (TPSA) is 79.2 Å². The van der Waals surface area contributed by atoms with E-state index in [0.717, 1.165) is 71.0 Å². The van der Waals surface area contributed by atoms with Gasteiger partial charge in [0.05, 0.1) is 19.3 Å². The summed E-state index contributed by atoms with van der Waals surface area (Å²) in [6, 6.07) is 0. The zero-order valence-electron chi connectivity index (χ0n) is 35.5. The summed E-state index contributed by atoms with van der Waals surface area (Å²) < 4.78 is 11.6. The van der Waals surface area contributed by atoms with Crippen molar-refractivity contribution in [1.82, 2.24) is 4.90 Å². The maximum Gasteiger partial charge on any atom is 0.305 e. The van der Waals surface area contributed by atoms with Gasteiger partial charge in [-0.1, -0.05) is 188 Å². The third kappa shape index (κ3) is 39.0. The minimum absolute atomic E-state index is 0.0233. The van der Waals surface area contributed by atoms with Gasteiger partial charge in [0.1, 0.15) is 0 Å². The van der Waals surface area contributed by atoms with Crippen LogP contribution in [0.4, 0.5) is 0 Å². The largest absolute Gasteiger partial charge is 0.466 e. The Morgan fingerprint density at radius 2 is 0.865 bits per heavy atom. The molecule has 0 aliphatic carbocycles. The monoisotopic (exact) mass is 740 g/mol. The number of nitrogens with zero attached hydrogens (tertiary/aromatic N) is 1. The Morgan fingerprint density at radius 3 is 1.33 bits per heavy atom. The molecule has 52 heavy (non-hydrogen) atoms. The van der Waals surface area contributed by atoms with E-state index in [2.05, 4.69) is 25.7 Å². The van der Waals surface area contributed by atoms with Crippen molar-refractivity contribution in [3.63, 3.8) is 0 Å². The molecule has 0 bridgehead atoms. The van der Waals surface area contributed by atoms with Gasteiger partial charge >= 0.3 is 5.97 Å². The van der Waals surface area contributed by atoms with Crippen molar-refractivity contribution in [2.24, 2.45) is 0 Å². The molecule has 0 saturated heterocycles. The number of aliphatic hydroxyl groups is 2. The number of hydrogen-bond acceptors (Lipinski definition) is 6. The molecule has 0 heterocycles. The van der Waals surface area contributed by atoms with Crippen LogP contribution in [-0.2, 0) is 14.3 Å². The first kappa shape index (κ1) is 51.3. The lowest BCUT2D eigenvalue weighted by molar-refractivity contribution is -0.144. The Hall–Kier alpha value is -0.690. The van der Waals surface area contributed by atoms with Gasteiger partial charge in [0.25, 0.3) is 0 Å². The van der Waals surface area contributed by atoms with Crippen LogP contribution in [0.2, 0.25) is 0 Å². The quantitative estimate of drug-likeness (QED) is 0.0368. The van der Waals surface area contributed by atoms with Crippen LogP contribution in [0.3, 0.4) is 0 Å². The van der Waals surface area contributed by atoms with Gasteiger partial charge in [-0.2, -0.15) is 0 Å². The van der Waals surface area contributed by atoms with Gasteiger partial charge in [-0.3, -0.25) is 4.79 Å². The van der Waals surface area contributed by atoms with Crippen molar-refractivity contribution in [3.05, 3.63) is 0 Å². The fourth-order valence-corrected chi connectivity index (χ4v) is 7.34. The zero-order valence-corrected chi connectivity index (χ0v) is 35.5. The molecule has 2 N–H and O–H groups in total. The fourth-order valence-electron chi connectivity index (χ4n) is 7.34. The Labute approximate surface area is 325 Å². The molecule has 0 spiro atoms. The average molecular weight is 740 g/mol. The fraction of sp³-hybridized carbons (Fsp3) is 0.978. The van der Waals surface area contributed by atoms with E-state index < -0.39 is 6.29 Å². The summed E-state index contributed by atoms with van der Waals surface area (Å²) in [5.74, 6) is -0.0233. The molecule has 0 aliphatic heterocycles. The number of ether oxygens (including phenoxy) is 2. The highest BCUT2D eigenvalue weighted by molar-refractivity contribution is 5.69. The molecular formula is C46H93NO5. The van der Waals surface area contributed by atoms with Crippen molar-refractivity contribution < 1.29 is 24.5 Å². The van der Waals surface area contributed by atoms with Crippen LogP contribution in [0.15, 0.2) is 0 Å². The maximum atomic E-state index is 12.0. The standard InChI is InChI=1S/C46H93NO5/c1-4-7-10-13-19-27-34-43-51-45(49)37-30-24-20-26-33-40-47(41-42-48)39-32-25-18-16-17-23-31-38-46(50)52-44(35-28-21-14-11-8-5-2)36-29-22-15-12-9-6-3/h44,46,48,50H,4-43H2,1-3H3. The second-order valence-electron chi connectivity index (χ2n) is 16.0. The van der Waals surface area contributed by atoms with E-state index >= 15 is 0 Å². The van der Waals surface area contributed by atoms with E-state index in [-0.39, 0.29) is 18.7 Å². The lowest BCUT2D eigenvalue weighted by Gasteiger charge is -2.22. The van der Waals surface area contributed by atoms with Crippen LogP contribution in [0.5, 0.6) is 0 Å². The minimum Gasteiger partial charge on any atom is -0.466 e. The molecule has 0 aromatic rings. The smallest absolute Gasteiger partial charge is 0.305 e. The van der Waals surface area contributed by atoms with Crippen molar-refractivity contribution >= 4 is 5.97 Å². The summed E-state index contributed by atoms with van der Waals surface area (Å²) in [5.41, 5.74) is 0. The van der Waals surface area contributed by atoms with Crippen molar-refractivity contribution in [2.75, 3.05) is 32.8 Å². The van der Waals surface area contributed by atoms with E-state index in [0.29, 0.717) is 13.0 Å². The summed E-state index contributed by atoms with van der Waals surface area (Å²) in [7, 11) is 0. The molecule has 0 amide bonds. The van der Waals surface area contributed by atoms with Gasteiger partial charge in [-0.25, -0.2) is 0 Å². The third-order valence-electron chi connectivity index (χ3n) is 10.8.